The second-order valence-corrected chi connectivity index (χ2v) is 3.64. The number of thiophene rings is 1. The number of halogens is 1. The maximum absolute atomic E-state index is 10.2. The largest absolute Gasteiger partial charge is 0.511 e. The molecule has 0 saturated heterocycles. The molecule has 1 rings (SSSR count). The molecule has 0 amide bonds. The van der Waals surface area contributed by atoms with Crippen LogP contribution in [0.3, 0.4) is 0 Å². The summed E-state index contributed by atoms with van der Waals surface area (Å²) in [5.41, 5.74) is 0. The van der Waals surface area contributed by atoms with Gasteiger partial charge in [0, 0.05) is 0 Å². The Balaban J connectivity index is 0.000000810. The highest BCUT2D eigenvalue weighted by Crippen LogP contribution is 2.23. The Bertz CT molecular complexity index is 199. The molecular formula is C5H7ClO2PS+. The van der Waals surface area contributed by atoms with Gasteiger partial charge in [0.15, 0.2) is 0 Å². The Hall–Kier alpha value is 0.0500. The van der Waals surface area contributed by atoms with Crippen molar-refractivity contribution in [1.82, 2.24) is 0 Å². The highest BCUT2D eigenvalue weighted by molar-refractivity contribution is 7.37. The second-order valence-electron chi connectivity index (χ2n) is 1.59. The highest BCUT2D eigenvalue weighted by Gasteiger charge is 2.11. The molecule has 1 heterocycles. The quantitative estimate of drug-likeness (QED) is 0.740. The summed E-state index contributed by atoms with van der Waals surface area (Å²) in [7, 11) is -1.99. The third-order valence-corrected chi connectivity index (χ3v) is 2.57. The molecule has 0 aliphatic rings. The minimum absolute atomic E-state index is 0. The standard InChI is InChI=1S/C5H5O2PS.ClH/c6-8(7)4-5-2-1-3-9-5;/h1-3H,4H2;1H/p+1. The molecule has 1 aromatic rings. The molecule has 0 spiro atoms. The zero-order chi connectivity index (χ0) is 6.69. The van der Waals surface area contributed by atoms with E-state index in [1.54, 1.807) is 0 Å². The van der Waals surface area contributed by atoms with Gasteiger partial charge in [-0.1, -0.05) is 6.07 Å². The van der Waals surface area contributed by atoms with Crippen LogP contribution in [-0.2, 0) is 10.7 Å². The molecular weight excluding hydrogens is 191 g/mol. The van der Waals surface area contributed by atoms with Crippen molar-refractivity contribution < 1.29 is 9.46 Å². The molecule has 1 unspecified atom stereocenters. The molecule has 10 heavy (non-hydrogen) atoms. The van der Waals surface area contributed by atoms with Crippen LogP contribution < -0.4 is 0 Å². The molecule has 0 fully saturated rings. The first-order valence-electron chi connectivity index (χ1n) is 2.45. The lowest BCUT2D eigenvalue weighted by molar-refractivity contribution is 0.502. The fourth-order valence-electron chi connectivity index (χ4n) is 0.536. The van der Waals surface area contributed by atoms with Crippen molar-refractivity contribution in [2.75, 3.05) is 0 Å². The molecule has 1 N–H and O–H groups in total. The van der Waals surface area contributed by atoms with E-state index in [1.165, 1.54) is 11.3 Å². The number of hydrogen-bond donors (Lipinski definition) is 1. The summed E-state index contributed by atoms with van der Waals surface area (Å²) in [6.45, 7) is 0. The molecule has 0 saturated carbocycles. The first-order valence-corrected chi connectivity index (χ1v) is 4.72. The molecule has 1 atom stereocenters. The van der Waals surface area contributed by atoms with Crippen molar-refractivity contribution in [2.45, 2.75) is 6.16 Å². The lowest BCUT2D eigenvalue weighted by Crippen LogP contribution is -1.67. The Labute approximate surface area is 70.2 Å². The molecule has 0 aliphatic heterocycles. The predicted molar refractivity (Wildman–Crippen MR) is 45.1 cm³/mol. The van der Waals surface area contributed by atoms with E-state index in [4.69, 9.17) is 4.89 Å². The molecule has 0 aliphatic carbocycles. The van der Waals surface area contributed by atoms with Gasteiger partial charge in [-0.3, -0.25) is 0 Å². The van der Waals surface area contributed by atoms with Crippen LogP contribution in [-0.4, -0.2) is 4.89 Å². The van der Waals surface area contributed by atoms with Crippen LogP contribution in [0.4, 0.5) is 0 Å². The molecule has 1 aromatic heterocycles. The zero-order valence-electron chi connectivity index (χ0n) is 5.06. The molecule has 0 aromatic carbocycles. The normalized spacial score (nSPS) is 10.3. The fourth-order valence-corrected chi connectivity index (χ4v) is 2.03. The molecule has 0 radical (unpaired) electrons. The summed E-state index contributed by atoms with van der Waals surface area (Å²) < 4.78 is 10.2. The Morgan fingerprint density at radius 2 is 2.40 bits per heavy atom. The van der Waals surface area contributed by atoms with Gasteiger partial charge in [0.1, 0.15) is 0 Å². The van der Waals surface area contributed by atoms with Crippen molar-refractivity contribution in [3.8, 4) is 0 Å². The summed E-state index contributed by atoms with van der Waals surface area (Å²) in [5, 5.41) is 1.90. The Kier molecular flexibility index (Phi) is 4.83. The molecule has 5 heteroatoms. The first-order chi connectivity index (χ1) is 4.29. The van der Waals surface area contributed by atoms with Gasteiger partial charge in [-0.2, -0.15) is 4.89 Å². The average Bonchev–Trinajstić information content (AvgIpc) is 2.15. The predicted octanol–water partition coefficient (Wildman–Crippen LogP) is 2.40. The summed E-state index contributed by atoms with van der Waals surface area (Å²) >= 11 is 1.51. The van der Waals surface area contributed by atoms with E-state index in [0.29, 0.717) is 6.16 Å². The second kappa shape index (κ2) is 4.80. The van der Waals surface area contributed by atoms with Crippen LogP contribution in [0.15, 0.2) is 17.5 Å². The van der Waals surface area contributed by atoms with Gasteiger partial charge in [-0.05, 0) is 16.0 Å². The smallest absolute Gasteiger partial charge is 0.160 e. The summed E-state index contributed by atoms with van der Waals surface area (Å²) in [6.07, 6.45) is 0.299. The van der Waals surface area contributed by atoms with Gasteiger partial charge in [-0.25, -0.2) is 0 Å². The third kappa shape index (κ3) is 3.28. The SMILES string of the molecule is Cl.O=[P+](O)Cc1cccs1. The van der Waals surface area contributed by atoms with Crippen molar-refractivity contribution in [3.05, 3.63) is 22.4 Å². The van der Waals surface area contributed by atoms with E-state index in [9.17, 15) is 4.57 Å². The number of rotatable bonds is 2. The first kappa shape index (κ1) is 10.0. The van der Waals surface area contributed by atoms with Crippen LogP contribution in [0.25, 0.3) is 0 Å². The van der Waals surface area contributed by atoms with Gasteiger partial charge >= 0.3 is 8.03 Å². The van der Waals surface area contributed by atoms with E-state index in [1.807, 2.05) is 17.5 Å². The zero-order valence-corrected chi connectivity index (χ0v) is 7.59. The van der Waals surface area contributed by atoms with Crippen LogP contribution >= 0.6 is 31.8 Å². The summed E-state index contributed by atoms with van der Waals surface area (Å²) in [6, 6.07) is 3.73. The summed E-state index contributed by atoms with van der Waals surface area (Å²) in [4.78, 5) is 9.41. The molecule has 56 valence electrons. The Morgan fingerprint density at radius 1 is 1.70 bits per heavy atom. The average molecular weight is 198 g/mol. The van der Waals surface area contributed by atoms with Gasteiger partial charge < -0.3 is 0 Å². The van der Waals surface area contributed by atoms with E-state index >= 15 is 0 Å². The van der Waals surface area contributed by atoms with E-state index in [2.05, 4.69) is 0 Å². The van der Waals surface area contributed by atoms with Crippen molar-refractivity contribution in [1.29, 1.82) is 0 Å². The maximum atomic E-state index is 10.2. The topological polar surface area (TPSA) is 37.3 Å². The monoisotopic (exact) mass is 197 g/mol. The van der Waals surface area contributed by atoms with Gasteiger partial charge in [0.2, 0.25) is 6.16 Å². The van der Waals surface area contributed by atoms with Gasteiger partial charge in [0.25, 0.3) is 0 Å². The van der Waals surface area contributed by atoms with Crippen molar-refractivity contribution in [2.24, 2.45) is 0 Å². The van der Waals surface area contributed by atoms with E-state index < -0.39 is 8.03 Å². The minimum atomic E-state index is -1.99. The lowest BCUT2D eigenvalue weighted by atomic mass is 10.5. The summed E-state index contributed by atoms with van der Waals surface area (Å²) in [5.74, 6) is 0. The van der Waals surface area contributed by atoms with Crippen LogP contribution in [0.1, 0.15) is 4.88 Å². The number of hydrogen-bond acceptors (Lipinski definition) is 2. The van der Waals surface area contributed by atoms with Gasteiger partial charge in [0.05, 0.1) is 4.88 Å². The van der Waals surface area contributed by atoms with E-state index in [-0.39, 0.29) is 12.4 Å². The fraction of sp³-hybridized carbons (Fsp3) is 0.200. The lowest BCUT2D eigenvalue weighted by Gasteiger charge is -1.74. The van der Waals surface area contributed by atoms with E-state index in [0.717, 1.165) is 4.88 Å². The molecule has 2 nitrogen and oxygen atoms in total. The maximum Gasteiger partial charge on any atom is 0.511 e. The van der Waals surface area contributed by atoms with Crippen LogP contribution in [0.2, 0.25) is 0 Å². The van der Waals surface area contributed by atoms with Crippen LogP contribution in [0.5, 0.6) is 0 Å². The van der Waals surface area contributed by atoms with Crippen LogP contribution in [0, 0.1) is 0 Å². The van der Waals surface area contributed by atoms with Crippen molar-refractivity contribution in [3.63, 3.8) is 0 Å². The minimum Gasteiger partial charge on any atom is -0.160 e. The third-order valence-electron chi connectivity index (χ3n) is 0.871. The van der Waals surface area contributed by atoms with Crippen molar-refractivity contribution >= 4 is 31.8 Å². The van der Waals surface area contributed by atoms with Gasteiger partial charge in [-0.15, -0.1) is 23.7 Å². The highest BCUT2D eigenvalue weighted by atomic mass is 35.5. The molecule has 0 bridgehead atoms. The Morgan fingerprint density at radius 3 is 2.80 bits per heavy atom.